The Labute approximate surface area is 450 Å². The average Bonchev–Trinajstić information content (AvgIpc) is 3.64. The number of nitrogens with zero attached hydrogens (tertiary/aromatic N) is 5. The maximum atomic E-state index is 15.6. The van der Waals surface area contributed by atoms with E-state index in [2.05, 4.69) is 12.7 Å². The number of hydrogen-bond acceptors (Lipinski definition) is 14. The lowest BCUT2D eigenvalue weighted by Crippen LogP contribution is -2.70. The minimum Gasteiger partial charge on any atom is -0.459 e. The molecule has 0 unspecified atom stereocenters. The summed E-state index contributed by atoms with van der Waals surface area (Å²) in [7, 11) is 0. The van der Waals surface area contributed by atoms with Crippen molar-refractivity contribution in [3.8, 4) is 17.2 Å². The van der Waals surface area contributed by atoms with Crippen LogP contribution in [0, 0.1) is 48.1 Å². The zero-order valence-electron chi connectivity index (χ0n) is 42.7. The van der Waals surface area contributed by atoms with Crippen molar-refractivity contribution < 1.29 is 48.8 Å². The van der Waals surface area contributed by atoms with Gasteiger partial charge in [0.1, 0.15) is 29.9 Å². The molecule has 9 rings (SSSR count). The van der Waals surface area contributed by atoms with Gasteiger partial charge in [0.2, 0.25) is 11.7 Å². The molecule has 2 aliphatic carbocycles. The third-order valence-electron chi connectivity index (χ3n) is 14.9. The predicted molar refractivity (Wildman–Crippen MR) is 293 cm³/mol. The lowest BCUT2D eigenvalue weighted by atomic mass is 9.55. The number of rotatable bonds is 24. The van der Waals surface area contributed by atoms with Crippen molar-refractivity contribution in [3.63, 3.8) is 0 Å². The minimum atomic E-state index is -1.68. The number of carbonyl (C=O) groups is 1. The van der Waals surface area contributed by atoms with E-state index < -0.39 is 44.3 Å². The molecule has 0 spiro atoms. The van der Waals surface area contributed by atoms with E-state index in [0.717, 1.165) is 27.5 Å². The van der Waals surface area contributed by atoms with Crippen molar-refractivity contribution >= 4 is 45.5 Å². The number of amides is 1. The summed E-state index contributed by atoms with van der Waals surface area (Å²) in [5.74, 6) is -2.49. The molecule has 1 saturated carbocycles. The molecule has 18 nitrogen and oxygen atoms in total. The van der Waals surface area contributed by atoms with Gasteiger partial charge in [-0.2, -0.15) is 0 Å². The zero-order valence-corrected chi connectivity index (χ0v) is 42.7. The summed E-state index contributed by atoms with van der Waals surface area (Å²) in [4.78, 5) is 57.0. The summed E-state index contributed by atoms with van der Waals surface area (Å²) in [6.07, 6.45) is 10.7. The normalized spacial score (nSPS) is 20.7. The molecule has 1 fully saturated rings. The quantitative estimate of drug-likeness (QED) is 0.0189. The van der Waals surface area contributed by atoms with Gasteiger partial charge in [0.15, 0.2) is 0 Å². The van der Waals surface area contributed by atoms with Crippen LogP contribution in [0.4, 0.5) is 17.1 Å². The second-order valence-corrected chi connectivity index (χ2v) is 19.6. The Morgan fingerprint density at radius 1 is 0.782 bits per heavy atom. The number of nitro benzene ring substituents is 3. The summed E-state index contributed by atoms with van der Waals surface area (Å²) >= 11 is 0. The van der Waals surface area contributed by atoms with Crippen LogP contribution < -0.4 is 9.47 Å². The van der Waals surface area contributed by atoms with E-state index in [4.69, 9.17) is 24.2 Å². The third kappa shape index (κ3) is 11.9. The highest BCUT2D eigenvalue weighted by Crippen LogP contribution is 2.62. The van der Waals surface area contributed by atoms with Crippen molar-refractivity contribution in [1.29, 1.82) is 0 Å². The second-order valence-electron chi connectivity index (χ2n) is 19.6. The number of unbranched alkanes of at least 4 members (excludes halogenated alkanes) is 2. The van der Waals surface area contributed by atoms with Gasteiger partial charge in [0, 0.05) is 74.1 Å². The molecule has 1 heterocycles. The van der Waals surface area contributed by atoms with E-state index in [1.54, 1.807) is 65.6 Å². The molecule has 0 bridgehead atoms. The maximum absolute atomic E-state index is 15.6. The lowest BCUT2D eigenvalue weighted by molar-refractivity contribution is -0.385. The van der Waals surface area contributed by atoms with Gasteiger partial charge in [0.05, 0.1) is 39.1 Å². The fourth-order valence-electron chi connectivity index (χ4n) is 11.3. The Bertz CT molecular complexity index is 3260. The van der Waals surface area contributed by atoms with E-state index in [-0.39, 0.29) is 74.0 Å². The Hall–Kier alpha value is -8.58. The maximum Gasteiger partial charge on any atom is 0.273 e. The van der Waals surface area contributed by atoms with Crippen LogP contribution in [0.1, 0.15) is 73.1 Å². The first-order valence-electron chi connectivity index (χ1n) is 26.0. The van der Waals surface area contributed by atoms with Crippen LogP contribution in [0.3, 0.4) is 0 Å². The minimum absolute atomic E-state index is 0.00211. The highest BCUT2D eigenvalue weighted by Gasteiger charge is 2.65. The summed E-state index contributed by atoms with van der Waals surface area (Å²) in [6.45, 7) is 4.03. The smallest absolute Gasteiger partial charge is 0.273 e. The van der Waals surface area contributed by atoms with Crippen LogP contribution in [-0.2, 0) is 27.5 Å². The zero-order chi connectivity index (χ0) is 54.8. The van der Waals surface area contributed by atoms with Gasteiger partial charge in [-0.3, -0.25) is 35.1 Å². The number of nitro groups is 3. The standard InChI is InChI=1S/C60H59N5O13/c1-2-33-75-60-56(62(38-44-14-9-13-42-11-3-4-17-50(42)44)57(68)30-23-40-19-24-45(25-20-40)63(69)70)37-54(61-76-39-41-21-26-46(27-22-41)64(71)72)52-34-43(12-5-7-31-66)51(18-6-8-32-67)58(59(52)60)53-36-49(28-29-55(53)78-60)77-48-16-10-15-47(35-48)65(73)74/h2-4,9-11,13-17,19-30,34-36,43,51,56,58-59,66-67H,1,5-8,12,18,31-33,37-39H2/t43-,51+,56-,58+,59+,60+/m0/s1. The highest BCUT2D eigenvalue weighted by molar-refractivity contribution is 6.03. The van der Waals surface area contributed by atoms with Crippen LogP contribution in [0.5, 0.6) is 17.2 Å². The van der Waals surface area contributed by atoms with Crippen molar-refractivity contribution in [3.05, 3.63) is 216 Å². The molecule has 78 heavy (non-hydrogen) atoms. The lowest BCUT2D eigenvalue weighted by Gasteiger charge is -2.60. The number of hydrogen-bond donors (Lipinski definition) is 2. The summed E-state index contributed by atoms with van der Waals surface area (Å²) < 4.78 is 21.1. The number of allylic oxidation sites excluding steroid dienone is 1. The van der Waals surface area contributed by atoms with Crippen molar-refractivity contribution in [2.24, 2.45) is 22.9 Å². The van der Waals surface area contributed by atoms with Crippen molar-refractivity contribution in [2.45, 2.75) is 75.8 Å². The first kappa shape index (κ1) is 54.2. The predicted octanol–water partition coefficient (Wildman–Crippen LogP) is 11.9. The van der Waals surface area contributed by atoms with Gasteiger partial charge in [-0.15, -0.1) is 6.58 Å². The second kappa shape index (κ2) is 24.6. The monoisotopic (exact) mass is 1060 g/mol. The van der Waals surface area contributed by atoms with Gasteiger partial charge >= 0.3 is 0 Å². The van der Waals surface area contributed by atoms with E-state index in [1.165, 1.54) is 42.5 Å². The van der Waals surface area contributed by atoms with Gasteiger partial charge in [0.25, 0.3) is 17.1 Å². The molecule has 3 aliphatic rings. The largest absolute Gasteiger partial charge is 0.459 e. The van der Waals surface area contributed by atoms with E-state index >= 15 is 4.79 Å². The Balaban J connectivity index is 1.26. The summed E-state index contributed by atoms with van der Waals surface area (Å²) in [5.41, 5.74) is 3.68. The molecule has 1 amide bonds. The molecule has 6 atom stereocenters. The van der Waals surface area contributed by atoms with Crippen LogP contribution in [0.2, 0.25) is 0 Å². The number of oxime groups is 1. The van der Waals surface area contributed by atoms with Gasteiger partial charge < -0.3 is 34.2 Å². The number of aliphatic hydroxyl groups excluding tert-OH is 2. The van der Waals surface area contributed by atoms with Gasteiger partial charge in [-0.05, 0) is 125 Å². The van der Waals surface area contributed by atoms with Gasteiger partial charge in [-0.25, -0.2) is 0 Å². The fraction of sp³-hybridized carbons (Fsp3) is 0.300. The van der Waals surface area contributed by atoms with Crippen molar-refractivity contribution in [2.75, 3.05) is 19.8 Å². The first-order valence-corrected chi connectivity index (χ1v) is 26.0. The molecule has 0 aromatic heterocycles. The summed E-state index contributed by atoms with van der Waals surface area (Å²) in [6, 6.07) is 36.0. The molecule has 6 aromatic carbocycles. The SMILES string of the molecule is C=CCO[C@@]12Oc3ccc(Oc4cccc([N+](=O)[O-])c4)cc3[C@H]3[C@H](CCCCO)[C@@H](CCCCO)C=C(C(=NOCc4ccc([N+](=O)[O-])cc4)C[C@@H]1N(Cc1cccc4ccccc14)C(=O)C=Cc1ccc([N+](=O)[O-])cc1)[C@H]32. The molecule has 1 aliphatic heterocycles. The average molecular weight is 1060 g/mol. The molecule has 6 aromatic rings. The van der Waals surface area contributed by atoms with Crippen LogP contribution >= 0.6 is 0 Å². The molecule has 0 saturated heterocycles. The van der Waals surface area contributed by atoms with Gasteiger partial charge in [-0.1, -0.05) is 78.7 Å². The van der Waals surface area contributed by atoms with E-state index in [1.807, 2.05) is 48.5 Å². The van der Waals surface area contributed by atoms with Crippen molar-refractivity contribution in [1.82, 2.24) is 4.90 Å². The number of non-ortho nitro benzene ring substituents is 3. The topological polar surface area (TPSA) is 239 Å². The number of aliphatic hydroxyl groups is 2. The van der Waals surface area contributed by atoms with Crippen LogP contribution in [-0.4, -0.2) is 73.2 Å². The van der Waals surface area contributed by atoms with E-state index in [0.29, 0.717) is 66.9 Å². The van der Waals surface area contributed by atoms with Crippen LogP contribution in [0.15, 0.2) is 169 Å². The summed E-state index contributed by atoms with van der Waals surface area (Å²) in [5, 5.41) is 61.9. The molecule has 18 heteroatoms. The molecular formula is C60H59N5O13. The number of fused-ring (bicyclic) bond motifs is 3. The third-order valence-corrected chi connectivity index (χ3v) is 14.9. The fourth-order valence-corrected chi connectivity index (χ4v) is 11.3. The first-order chi connectivity index (χ1) is 37.9. The van der Waals surface area contributed by atoms with E-state index in [9.17, 15) is 40.6 Å². The Morgan fingerprint density at radius 3 is 2.18 bits per heavy atom. The Kier molecular flexibility index (Phi) is 17.1. The molecule has 2 N–H and O–H groups in total. The molecule has 0 radical (unpaired) electrons. The number of benzene rings is 6. The molecular weight excluding hydrogens is 999 g/mol. The number of ether oxygens (including phenoxy) is 3. The van der Waals surface area contributed by atoms with Crippen LogP contribution in [0.25, 0.3) is 16.8 Å². The highest BCUT2D eigenvalue weighted by atomic mass is 16.7. The molecule has 402 valence electrons. The Morgan fingerprint density at radius 2 is 1.46 bits per heavy atom. The number of carbonyl (C=O) groups excluding carboxylic acids is 1.